The van der Waals surface area contributed by atoms with E-state index in [-0.39, 0.29) is 6.61 Å². The van der Waals surface area contributed by atoms with Crippen LogP contribution in [0.25, 0.3) is 0 Å². The molecule has 0 aliphatic heterocycles. The Hall–Kier alpha value is -1.80. The second-order valence-electron chi connectivity index (χ2n) is 4.61. The maximum absolute atomic E-state index is 9.17. The van der Waals surface area contributed by atoms with E-state index in [0.717, 1.165) is 17.7 Å². The molecule has 0 unspecified atom stereocenters. The van der Waals surface area contributed by atoms with Crippen molar-refractivity contribution in [3.8, 4) is 0 Å². The van der Waals surface area contributed by atoms with Gasteiger partial charge in [0.05, 0.1) is 6.61 Å². The fraction of sp³-hybridized carbons (Fsp3) is 0.250. The van der Waals surface area contributed by atoms with E-state index < -0.39 is 0 Å². The fourth-order valence-electron chi connectivity index (χ4n) is 2.04. The number of rotatable bonds is 4. The molecule has 0 amide bonds. The largest absolute Gasteiger partial charge is 0.392 e. The molecule has 0 saturated carbocycles. The van der Waals surface area contributed by atoms with Gasteiger partial charge in [-0.3, -0.25) is 0 Å². The summed E-state index contributed by atoms with van der Waals surface area (Å²) in [6.07, 6.45) is 0. The van der Waals surface area contributed by atoms with Crippen molar-refractivity contribution >= 4 is 5.69 Å². The highest BCUT2D eigenvalue weighted by Crippen LogP contribution is 2.19. The summed E-state index contributed by atoms with van der Waals surface area (Å²) in [6.45, 7) is 3.03. The third kappa shape index (κ3) is 2.90. The van der Waals surface area contributed by atoms with Crippen molar-refractivity contribution in [2.24, 2.45) is 0 Å². The number of aliphatic hydroxyl groups is 1. The zero-order valence-corrected chi connectivity index (χ0v) is 10.9. The lowest BCUT2D eigenvalue weighted by molar-refractivity contribution is 0.281. The predicted molar refractivity (Wildman–Crippen MR) is 75.7 cm³/mol. The molecule has 0 aliphatic rings. The third-order valence-corrected chi connectivity index (χ3v) is 3.20. The van der Waals surface area contributed by atoms with Gasteiger partial charge in [0.2, 0.25) is 0 Å². The fourth-order valence-corrected chi connectivity index (χ4v) is 2.04. The van der Waals surface area contributed by atoms with Crippen molar-refractivity contribution in [2.75, 3.05) is 11.9 Å². The summed E-state index contributed by atoms with van der Waals surface area (Å²) in [7, 11) is 2.08. The number of nitrogens with zero attached hydrogens (tertiary/aromatic N) is 1. The Kier molecular flexibility index (Phi) is 4.00. The van der Waals surface area contributed by atoms with E-state index in [0.29, 0.717) is 0 Å². The van der Waals surface area contributed by atoms with Crippen LogP contribution in [-0.2, 0) is 13.2 Å². The normalized spacial score (nSPS) is 10.4. The van der Waals surface area contributed by atoms with Gasteiger partial charge in [-0.1, -0.05) is 36.4 Å². The van der Waals surface area contributed by atoms with Crippen LogP contribution < -0.4 is 4.90 Å². The molecule has 0 fully saturated rings. The van der Waals surface area contributed by atoms with Gasteiger partial charge < -0.3 is 10.0 Å². The zero-order valence-electron chi connectivity index (χ0n) is 10.9. The topological polar surface area (TPSA) is 23.5 Å². The van der Waals surface area contributed by atoms with Gasteiger partial charge in [-0.05, 0) is 35.7 Å². The standard InChI is InChI=1S/C16H19NO/c1-13-10-16(9-8-15(13)12-18)17(2)11-14-6-4-3-5-7-14/h3-10,18H,11-12H2,1-2H3. The first-order valence-corrected chi connectivity index (χ1v) is 6.16. The molecule has 0 aliphatic carbocycles. The highest BCUT2D eigenvalue weighted by molar-refractivity contribution is 5.50. The van der Waals surface area contributed by atoms with Gasteiger partial charge >= 0.3 is 0 Å². The van der Waals surface area contributed by atoms with Crippen LogP contribution in [0.2, 0.25) is 0 Å². The smallest absolute Gasteiger partial charge is 0.0684 e. The lowest BCUT2D eigenvalue weighted by Crippen LogP contribution is -2.16. The number of aryl methyl sites for hydroxylation is 1. The van der Waals surface area contributed by atoms with Crippen LogP contribution in [-0.4, -0.2) is 12.2 Å². The van der Waals surface area contributed by atoms with Gasteiger partial charge in [0.1, 0.15) is 0 Å². The van der Waals surface area contributed by atoms with Crippen molar-refractivity contribution in [3.05, 3.63) is 65.2 Å². The second-order valence-corrected chi connectivity index (χ2v) is 4.61. The Bertz CT molecular complexity index is 508. The summed E-state index contributed by atoms with van der Waals surface area (Å²) in [5.74, 6) is 0. The van der Waals surface area contributed by atoms with Crippen LogP contribution in [0.1, 0.15) is 16.7 Å². The average Bonchev–Trinajstić information content (AvgIpc) is 2.39. The maximum Gasteiger partial charge on any atom is 0.0684 e. The van der Waals surface area contributed by atoms with Crippen LogP contribution in [0.3, 0.4) is 0 Å². The van der Waals surface area contributed by atoms with Crippen LogP contribution in [0, 0.1) is 6.92 Å². The second kappa shape index (κ2) is 5.69. The first-order valence-electron chi connectivity index (χ1n) is 6.16. The molecule has 0 radical (unpaired) electrons. The Labute approximate surface area is 109 Å². The quantitative estimate of drug-likeness (QED) is 0.889. The molecule has 2 rings (SSSR count). The minimum absolute atomic E-state index is 0.106. The molecule has 0 bridgehead atoms. The number of aliphatic hydroxyl groups excluding tert-OH is 1. The van der Waals surface area contributed by atoms with Crippen molar-refractivity contribution < 1.29 is 5.11 Å². The molecule has 1 N–H and O–H groups in total. The van der Waals surface area contributed by atoms with Crippen molar-refractivity contribution in [1.82, 2.24) is 0 Å². The Morgan fingerprint density at radius 2 is 1.78 bits per heavy atom. The van der Waals surface area contributed by atoms with Gasteiger partial charge in [0.15, 0.2) is 0 Å². The van der Waals surface area contributed by atoms with Crippen molar-refractivity contribution in [3.63, 3.8) is 0 Å². The monoisotopic (exact) mass is 241 g/mol. The maximum atomic E-state index is 9.17. The van der Waals surface area contributed by atoms with Crippen molar-refractivity contribution in [1.29, 1.82) is 0 Å². The van der Waals surface area contributed by atoms with Crippen LogP contribution in [0.5, 0.6) is 0 Å². The molecule has 0 aromatic heterocycles. The third-order valence-electron chi connectivity index (χ3n) is 3.20. The van der Waals surface area contributed by atoms with Crippen molar-refractivity contribution in [2.45, 2.75) is 20.1 Å². The molecule has 0 heterocycles. The Morgan fingerprint density at radius 1 is 1.06 bits per heavy atom. The summed E-state index contributed by atoms with van der Waals surface area (Å²) in [5.41, 5.74) is 4.60. The van der Waals surface area contributed by atoms with Gasteiger partial charge in [0, 0.05) is 19.3 Å². The minimum atomic E-state index is 0.106. The molecule has 2 heteroatoms. The molecule has 94 valence electrons. The van der Waals surface area contributed by atoms with E-state index in [1.807, 2.05) is 19.1 Å². The van der Waals surface area contributed by atoms with E-state index in [4.69, 9.17) is 5.11 Å². The number of anilines is 1. The van der Waals surface area contributed by atoms with Gasteiger partial charge in [-0.25, -0.2) is 0 Å². The summed E-state index contributed by atoms with van der Waals surface area (Å²) in [6, 6.07) is 16.6. The van der Waals surface area contributed by atoms with Gasteiger partial charge in [0.25, 0.3) is 0 Å². The number of benzene rings is 2. The SMILES string of the molecule is Cc1cc(N(C)Cc2ccccc2)ccc1CO. The molecule has 0 spiro atoms. The van der Waals surface area contributed by atoms with E-state index in [1.165, 1.54) is 11.3 Å². The van der Waals surface area contributed by atoms with Crippen LogP contribution in [0.15, 0.2) is 48.5 Å². The molecular weight excluding hydrogens is 222 g/mol. The van der Waals surface area contributed by atoms with E-state index in [2.05, 4.69) is 48.3 Å². The summed E-state index contributed by atoms with van der Waals surface area (Å²) in [4.78, 5) is 2.21. The Balaban J connectivity index is 2.14. The molecule has 2 nitrogen and oxygen atoms in total. The summed E-state index contributed by atoms with van der Waals surface area (Å²) in [5, 5.41) is 9.17. The highest BCUT2D eigenvalue weighted by Gasteiger charge is 2.04. The zero-order chi connectivity index (χ0) is 13.0. The van der Waals surface area contributed by atoms with E-state index in [1.54, 1.807) is 0 Å². The molecule has 2 aromatic carbocycles. The Morgan fingerprint density at radius 3 is 2.39 bits per heavy atom. The first kappa shape index (κ1) is 12.7. The number of hydrogen-bond acceptors (Lipinski definition) is 2. The average molecular weight is 241 g/mol. The minimum Gasteiger partial charge on any atom is -0.392 e. The lowest BCUT2D eigenvalue weighted by atomic mass is 10.1. The highest BCUT2D eigenvalue weighted by atomic mass is 16.3. The van der Waals surface area contributed by atoms with Gasteiger partial charge in [-0.2, -0.15) is 0 Å². The molecule has 0 saturated heterocycles. The van der Waals surface area contributed by atoms with E-state index >= 15 is 0 Å². The van der Waals surface area contributed by atoms with Crippen LogP contribution >= 0.6 is 0 Å². The molecule has 2 aromatic rings. The summed E-state index contributed by atoms with van der Waals surface area (Å²) >= 11 is 0. The molecule has 0 atom stereocenters. The van der Waals surface area contributed by atoms with Crippen LogP contribution in [0.4, 0.5) is 5.69 Å². The van der Waals surface area contributed by atoms with Gasteiger partial charge in [-0.15, -0.1) is 0 Å². The lowest BCUT2D eigenvalue weighted by Gasteiger charge is -2.20. The molecular formula is C16H19NO. The van der Waals surface area contributed by atoms with E-state index in [9.17, 15) is 0 Å². The predicted octanol–water partition coefficient (Wildman–Crippen LogP) is 3.12. The molecule has 18 heavy (non-hydrogen) atoms. The summed E-state index contributed by atoms with van der Waals surface area (Å²) < 4.78 is 0. The number of hydrogen-bond donors (Lipinski definition) is 1. The first-order chi connectivity index (χ1) is 8.70.